The molecule has 0 aliphatic carbocycles. The van der Waals surface area contributed by atoms with Crippen LogP contribution < -0.4 is 0 Å². The van der Waals surface area contributed by atoms with Crippen molar-refractivity contribution in [2.75, 3.05) is 0 Å². The van der Waals surface area contributed by atoms with Crippen LogP contribution in [0.1, 0.15) is 78.1 Å². The summed E-state index contributed by atoms with van der Waals surface area (Å²) in [6, 6.07) is -1.51. The maximum atomic E-state index is 5.84. The summed E-state index contributed by atoms with van der Waals surface area (Å²) in [6.45, 7) is 4.61. The molecule has 110 valence electrons. The van der Waals surface area contributed by atoms with Crippen LogP contribution in [0.25, 0.3) is 0 Å². The molecule has 0 aliphatic heterocycles. The Bertz CT molecular complexity index is 178. The van der Waals surface area contributed by atoms with E-state index in [9.17, 15) is 0 Å². The first-order valence-electron chi connectivity index (χ1n) is 7.48. The molecule has 0 atom stereocenters. The third-order valence-electron chi connectivity index (χ3n) is 3.24. The van der Waals surface area contributed by atoms with E-state index in [1.54, 1.807) is 0 Å². The van der Waals surface area contributed by atoms with Crippen LogP contribution in [0.5, 0.6) is 0 Å². The third kappa shape index (κ3) is 17.1. The molecule has 0 nitrogen and oxygen atoms in total. The van der Waals surface area contributed by atoms with E-state index < -0.39 is 6.00 Å². The highest BCUT2D eigenvalue weighted by Crippen LogP contribution is 2.27. The van der Waals surface area contributed by atoms with Crippen molar-refractivity contribution in [2.45, 2.75) is 84.1 Å². The Morgan fingerprint density at radius 1 is 0.667 bits per heavy atom. The number of unbranched alkanes of at least 4 members (excludes halogenated alkanes) is 8. The Kier molecular flexibility index (Phi) is 12.6. The molecule has 0 amide bonds. The largest absolute Gasteiger partial charge is 0.341 e. The predicted octanol–water partition coefficient (Wildman–Crippen LogP) is 7.20. The predicted molar refractivity (Wildman–Crippen MR) is 89.1 cm³/mol. The van der Waals surface area contributed by atoms with Crippen LogP contribution in [0.3, 0.4) is 0 Å². The van der Waals surface area contributed by atoms with E-state index in [0.29, 0.717) is 0 Å². The van der Waals surface area contributed by atoms with Gasteiger partial charge in [0.1, 0.15) is 0 Å². The first-order chi connectivity index (χ1) is 8.42. The molecular weight excluding hydrogens is 303 g/mol. The van der Waals surface area contributed by atoms with Crippen molar-refractivity contribution in [3.63, 3.8) is 0 Å². The second-order valence-electron chi connectivity index (χ2n) is 5.73. The molecule has 0 N–H and O–H groups in total. The minimum Gasteiger partial charge on any atom is -0.126 e. The highest BCUT2D eigenvalue weighted by molar-refractivity contribution is 7.64. The van der Waals surface area contributed by atoms with Crippen LogP contribution in [-0.2, 0) is 0 Å². The van der Waals surface area contributed by atoms with Gasteiger partial charge in [-0.2, -0.15) is 0 Å². The van der Waals surface area contributed by atoms with Crippen LogP contribution in [0.15, 0.2) is 0 Å². The smallest absolute Gasteiger partial charge is 0.126 e. The average molecular weight is 332 g/mol. The van der Waals surface area contributed by atoms with Gasteiger partial charge in [-0.1, -0.05) is 78.1 Å². The highest BCUT2D eigenvalue weighted by Gasteiger charge is 2.23. The van der Waals surface area contributed by atoms with Crippen molar-refractivity contribution in [1.29, 1.82) is 0 Å². The van der Waals surface area contributed by atoms with Crippen molar-refractivity contribution in [3.8, 4) is 0 Å². The summed E-state index contributed by atoms with van der Waals surface area (Å²) in [7, 11) is 0. The second kappa shape index (κ2) is 11.9. The topological polar surface area (TPSA) is 0 Å². The molecule has 0 aromatic carbocycles. The molecule has 0 aliphatic rings. The number of hydrogen-bond donors (Lipinski definition) is 0. The number of hydrogen-bond acceptors (Lipinski definition) is 0. The van der Waals surface area contributed by atoms with Gasteiger partial charge < -0.3 is 0 Å². The Balaban J connectivity index is 3.04. The summed E-state index contributed by atoms with van der Waals surface area (Å²) in [5.74, 6) is 0.867. The summed E-state index contributed by atoms with van der Waals surface area (Å²) in [5, 5.41) is 0. The van der Waals surface area contributed by atoms with Crippen LogP contribution in [0, 0.1) is 5.92 Å². The molecular formula is C14H29Cl3Si. The highest BCUT2D eigenvalue weighted by atomic mass is 35.8. The molecule has 0 radical (unpaired) electrons. The standard InChI is InChI=1S/C14H29Cl3Si/c1-14(2)12-10-8-6-4-3-5-7-9-11-13-18(15,16)17/h14H,3-13H2,1-2H3. The lowest BCUT2D eigenvalue weighted by Crippen LogP contribution is -2.07. The zero-order valence-electron chi connectivity index (χ0n) is 12.0. The van der Waals surface area contributed by atoms with Crippen LogP contribution in [0.4, 0.5) is 0 Å². The van der Waals surface area contributed by atoms with Crippen molar-refractivity contribution in [1.82, 2.24) is 0 Å². The first kappa shape index (κ1) is 19.1. The number of halogens is 3. The molecule has 18 heavy (non-hydrogen) atoms. The first-order valence-corrected chi connectivity index (χ1v) is 12.7. The van der Waals surface area contributed by atoms with Gasteiger partial charge in [0.2, 0.25) is 0 Å². The minimum absolute atomic E-state index is 0.826. The fourth-order valence-corrected chi connectivity index (χ4v) is 3.97. The van der Waals surface area contributed by atoms with E-state index in [-0.39, 0.29) is 0 Å². The molecule has 4 heteroatoms. The van der Waals surface area contributed by atoms with Gasteiger partial charge in [0.15, 0.2) is 0 Å². The molecule has 0 unspecified atom stereocenters. The molecule has 0 heterocycles. The van der Waals surface area contributed by atoms with Gasteiger partial charge in [-0.15, -0.1) is 33.2 Å². The average Bonchev–Trinajstić information content (AvgIpc) is 2.24. The third-order valence-corrected chi connectivity index (χ3v) is 5.86. The van der Waals surface area contributed by atoms with Crippen molar-refractivity contribution in [2.24, 2.45) is 5.92 Å². The normalized spacial score (nSPS) is 12.3. The maximum Gasteiger partial charge on any atom is 0.341 e. The lowest BCUT2D eigenvalue weighted by Gasteiger charge is -2.07. The van der Waals surface area contributed by atoms with Gasteiger partial charge in [0, 0.05) is 0 Å². The van der Waals surface area contributed by atoms with Crippen LogP contribution in [0.2, 0.25) is 6.04 Å². The van der Waals surface area contributed by atoms with E-state index in [1.165, 1.54) is 57.8 Å². The second-order valence-corrected chi connectivity index (χ2v) is 15.0. The molecule has 0 spiro atoms. The molecule has 0 rings (SSSR count). The van der Waals surface area contributed by atoms with Crippen molar-refractivity contribution < 1.29 is 0 Å². The molecule has 0 bridgehead atoms. The minimum atomic E-state index is -2.34. The van der Waals surface area contributed by atoms with Crippen LogP contribution >= 0.6 is 33.2 Å². The van der Waals surface area contributed by atoms with Gasteiger partial charge in [0.25, 0.3) is 0 Å². The molecule has 0 aromatic rings. The van der Waals surface area contributed by atoms with Crippen molar-refractivity contribution in [3.05, 3.63) is 0 Å². The zero-order chi connectivity index (χ0) is 13.9. The monoisotopic (exact) mass is 330 g/mol. The van der Waals surface area contributed by atoms with Gasteiger partial charge in [-0.25, -0.2) is 0 Å². The van der Waals surface area contributed by atoms with E-state index in [2.05, 4.69) is 13.8 Å². The Morgan fingerprint density at radius 2 is 1.06 bits per heavy atom. The fraction of sp³-hybridized carbons (Fsp3) is 1.00. The lowest BCUT2D eigenvalue weighted by atomic mass is 10.0. The van der Waals surface area contributed by atoms with E-state index in [4.69, 9.17) is 33.2 Å². The quantitative estimate of drug-likeness (QED) is 0.201. The van der Waals surface area contributed by atoms with E-state index >= 15 is 0 Å². The number of rotatable bonds is 12. The summed E-state index contributed by atoms with van der Waals surface area (Å²) in [6.07, 6.45) is 13.4. The fourth-order valence-electron chi connectivity index (χ4n) is 2.12. The summed E-state index contributed by atoms with van der Waals surface area (Å²) >= 11 is 17.5. The maximum absolute atomic E-state index is 5.84. The van der Waals surface area contributed by atoms with Gasteiger partial charge >= 0.3 is 6.00 Å². The van der Waals surface area contributed by atoms with Crippen LogP contribution in [-0.4, -0.2) is 6.00 Å². The summed E-state index contributed by atoms with van der Waals surface area (Å²) in [4.78, 5) is 0. The Hall–Kier alpha value is 1.09. The summed E-state index contributed by atoms with van der Waals surface area (Å²) < 4.78 is 0. The molecule has 0 fully saturated rings. The lowest BCUT2D eigenvalue weighted by molar-refractivity contribution is 0.507. The summed E-state index contributed by atoms with van der Waals surface area (Å²) in [5.41, 5.74) is 0. The van der Waals surface area contributed by atoms with E-state index in [0.717, 1.165) is 18.4 Å². The Morgan fingerprint density at radius 3 is 1.44 bits per heavy atom. The van der Waals surface area contributed by atoms with Gasteiger partial charge in [-0.05, 0) is 12.0 Å². The molecule has 0 saturated carbocycles. The SMILES string of the molecule is CC(C)CCCCCCCCCCC[Si](Cl)(Cl)Cl. The zero-order valence-corrected chi connectivity index (χ0v) is 15.3. The van der Waals surface area contributed by atoms with E-state index in [1.807, 2.05) is 0 Å². The van der Waals surface area contributed by atoms with Crippen molar-refractivity contribution >= 4 is 39.2 Å². The molecule has 0 saturated heterocycles. The van der Waals surface area contributed by atoms with Gasteiger partial charge in [0.05, 0.1) is 0 Å². The Labute approximate surface area is 129 Å². The molecule has 0 aromatic heterocycles. The van der Waals surface area contributed by atoms with Gasteiger partial charge in [-0.3, -0.25) is 0 Å².